The molecule has 7 heteroatoms. The van der Waals surface area contributed by atoms with Gasteiger partial charge in [0.1, 0.15) is 0 Å². The Morgan fingerprint density at radius 3 is 2.67 bits per heavy atom. The van der Waals surface area contributed by atoms with E-state index in [1.54, 1.807) is 12.1 Å². The van der Waals surface area contributed by atoms with Crippen molar-refractivity contribution >= 4 is 39.4 Å². The van der Waals surface area contributed by atoms with Crippen molar-refractivity contribution in [3.05, 3.63) is 33.3 Å². The third-order valence-electron chi connectivity index (χ3n) is 2.06. The first-order valence-corrected chi connectivity index (χ1v) is 6.10. The molecule has 0 saturated carbocycles. The van der Waals surface area contributed by atoms with Crippen LogP contribution in [0.4, 0.5) is 0 Å². The smallest absolute Gasteiger partial charge is 0.328 e. The average Bonchev–Trinajstić information content (AvgIpc) is 2.26. The molecule has 0 saturated heterocycles. The van der Waals surface area contributed by atoms with Crippen LogP contribution in [0.2, 0.25) is 5.02 Å². The van der Waals surface area contributed by atoms with Crippen molar-refractivity contribution in [2.75, 3.05) is 13.7 Å². The van der Waals surface area contributed by atoms with Crippen molar-refractivity contribution in [1.82, 2.24) is 5.32 Å². The van der Waals surface area contributed by atoms with E-state index in [1.165, 1.54) is 13.2 Å². The number of hydrogen-bond donors (Lipinski definition) is 2. The second-order valence-electron chi connectivity index (χ2n) is 3.48. The lowest BCUT2D eigenvalue weighted by Crippen LogP contribution is -2.43. The van der Waals surface area contributed by atoms with Gasteiger partial charge in [-0.25, -0.2) is 4.79 Å². The number of aliphatic carboxylic acids is 1. The number of nitrogens with one attached hydrogen (secondary N) is 1. The van der Waals surface area contributed by atoms with Crippen molar-refractivity contribution in [1.29, 1.82) is 0 Å². The zero-order valence-electron chi connectivity index (χ0n) is 9.44. The predicted octanol–water partition coefficient (Wildman–Crippen LogP) is 1.93. The first-order chi connectivity index (χ1) is 8.43. The number of hydrogen-bond acceptors (Lipinski definition) is 3. The van der Waals surface area contributed by atoms with Gasteiger partial charge < -0.3 is 15.2 Å². The molecule has 5 nitrogen and oxygen atoms in total. The molecule has 0 aliphatic rings. The number of amides is 1. The van der Waals surface area contributed by atoms with E-state index >= 15 is 0 Å². The van der Waals surface area contributed by atoms with Crippen LogP contribution in [-0.2, 0) is 9.53 Å². The zero-order valence-corrected chi connectivity index (χ0v) is 11.8. The quantitative estimate of drug-likeness (QED) is 0.861. The molecule has 0 fully saturated rings. The Morgan fingerprint density at radius 2 is 2.17 bits per heavy atom. The summed E-state index contributed by atoms with van der Waals surface area (Å²) in [5, 5.41) is 11.6. The molecule has 0 bridgehead atoms. The molecule has 1 unspecified atom stereocenters. The van der Waals surface area contributed by atoms with Crippen LogP contribution in [0.25, 0.3) is 0 Å². The Labute approximate surface area is 117 Å². The molecule has 0 spiro atoms. The molecular weight excluding hydrogens is 325 g/mol. The van der Waals surface area contributed by atoms with Gasteiger partial charge in [0.05, 0.1) is 6.61 Å². The highest BCUT2D eigenvalue weighted by atomic mass is 79.9. The second-order valence-corrected chi connectivity index (χ2v) is 4.83. The van der Waals surface area contributed by atoms with E-state index in [9.17, 15) is 9.59 Å². The summed E-state index contributed by atoms with van der Waals surface area (Å²) >= 11 is 9.01. The van der Waals surface area contributed by atoms with Gasteiger partial charge in [0.2, 0.25) is 0 Å². The Kier molecular flexibility index (Phi) is 5.58. The van der Waals surface area contributed by atoms with Crippen LogP contribution in [0.3, 0.4) is 0 Å². The summed E-state index contributed by atoms with van der Waals surface area (Å²) in [4.78, 5) is 22.7. The van der Waals surface area contributed by atoms with Crippen LogP contribution in [0.5, 0.6) is 0 Å². The largest absolute Gasteiger partial charge is 0.480 e. The first-order valence-electron chi connectivity index (χ1n) is 4.92. The van der Waals surface area contributed by atoms with Crippen LogP contribution >= 0.6 is 27.5 Å². The molecule has 1 rings (SSSR count). The topological polar surface area (TPSA) is 75.6 Å². The number of carboxylic acids is 1. The number of benzene rings is 1. The van der Waals surface area contributed by atoms with Gasteiger partial charge in [-0.3, -0.25) is 4.79 Å². The van der Waals surface area contributed by atoms with Gasteiger partial charge in [-0.05, 0) is 18.2 Å². The minimum atomic E-state index is -1.16. The minimum Gasteiger partial charge on any atom is -0.480 e. The molecule has 0 aliphatic carbocycles. The number of ether oxygens (including phenoxy) is 1. The summed E-state index contributed by atoms with van der Waals surface area (Å²) < 4.78 is 5.36. The number of carboxylic acid groups (broad SMARTS) is 1. The maximum absolute atomic E-state index is 11.8. The fourth-order valence-corrected chi connectivity index (χ4v) is 2.13. The molecule has 18 heavy (non-hydrogen) atoms. The summed E-state index contributed by atoms with van der Waals surface area (Å²) in [7, 11) is 1.36. The van der Waals surface area contributed by atoms with Gasteiger partial charge in [0, 0.05) is 22.2 Å². The molecule has 2 N–H and O–H groups in total. The molecule has 1 amide bonds. The summed E-state index contributed by atoms with van der Waals surface area (Å²) in [5.41, 5.74) is 0.275. The fraction of sp³-hybridized carbons (Fsp3) is 0.273. The Hall–Kier alpha value is -1.11. The van der Waals surface area contributed by atoms with E-state index < -0.39 is 17.9 Å². The molecule has 1 aromatic rings. The van der Waals surface area contributed by atoms with Crippen LogP contribution in [0.1, 0.15) is 10.4 Å². The second kappa shape index (κ2) is 6.72. The summed E-state index contributed by atoms with van der Waals surface area (Å²) in [6.07, 6.45) is 0. The monoisotopic (exact) mass is 335 g/mol. The highest BCUT2D eigenvalue weighted by Crippen LogP contribution is 2.19. The van der Waals surface area contributed by atoms with Crippen molar-refractivity contribution in [2.24, 2.45) is 0 Å². The molecule has 0 aromatic heterocycles. The van der Waals surface area contributed by atoms with E-state index in [0.29, 0.717) is 9.50 Å². The maximum Gasteiger partial charge on any atom is 0.328 e. The van der Waals surface area contributed by atoms with Crippen LogP contribution in [-0.4, -0.2) is 36.7 Å². The third-order valence-corrected chi connectivity index (χ3v) is 2.74. The van der Waals surface area contributed by atoms with Crippen molar-refractivity contribution < 1.29 is 19.4 Å². The third kappa shape index (κ3) is 4.29. The average molecular weight is 337 g/mol. The number of halogens is 2. The van der Waals surface area contributed by atoms with Crippen LogP contribution < -0.4 is 5.32 Å². The number of carbonyl (C=O) groups excluding carboxylic acids is 1. The van der Waals surface area contributed by atoms with Gasteiger partial charge in [-0.2, -0.15) is 0 Å². The van der Waals surface area contributed by atoms with E-state index in [4.69, 9.17) is 21.4 Å². The highest BCUT2D eigenvalue weighted by molar-refractivity contribution is 9.10. The molecular formula is C11H11BrClNO4. The molecule has 98 valence electrons. The van der Waals surface area contributed by atoms with Crippen LogP contribution in [0, 0.1) is 0 Å². The fourth-order valence-electron chi connectivity index (χ4n) is 1.27. The summed E-state index contributed by atoms with van der Waals surface area (Å²) in [5.74, 6) is -1.69. The summed E-state index contributed by atoms with van der Waals surface area (Å²) in [6, 6.07) is 3.53. The Bertz CT molecular complexity index is 446. The van der Waals surface area contributed by atoms with Gasteiger partial charge in [0.15, 0.2) is 6.04 Å². The number of carbonyl (C=O) groups is 2. The molecule has 0 aliphatic heterocycles. The van der Waals surface area contributed by atoms with Crippen molar-refractivity contribution in [2.45, 2.75) is 6.04 Å². The SMILES string of the molecule is COCC(NC(=O)c1cc(Cl)cc(Br)c1)C(=O)O. The molecule has 0 heterocycles. The zero-order chi connectivity index (χ0) is 13.7. The van der Waals surface area contributed by atoms with E-state index in [-0.39, 0.29) is 12.2 Å². The highest BCUT2D eigenvalue weighted by Gasteiger charge is 2.20. The standard InChI is InChI=1S/C11H11BrClNO4/c1-18-5-9(11(16)17)14-10(15)6-2-7(12)4-8(13)3-6/h2-4,9H,5H2,1H3,(H,14,15)(H,16,17). The van der Waals surface area contributed by atoms with E-state index in [1.807, 2.05) is 0 Å². The number of rotatable bonds is 5. The van der Waals surface area contributed by atoms with E-state index in [2.05, 4.69) is 21.2 Å². The normalized spacial score (nSPS) is 11.9. The van der Waals surface area contributed by atoms with E-state index in [0.717, 1.165) is 0 Å². The molecule has 1 atom stereocenters. The van der Waals surface area contributed by atoms with Gasteiger partial charge in [-0.1, -0.05) is 27.5 Å². The van der Waals surface area contributed by atoms with Crippen molar-refractivity contribution in [3.8, 4) is 0 Å². The first kappa shape index (κ1) is 14.9. The number of methoxy groups -OCH3 is 1. The van der Waals surface area contributed by atoms with Crippen molar-refractivity contribution in [3.63, 3.8) is 0 Å². The van der Waals surface area contributed by atoms with Gasteiger partial charge in [-0.15, -0.1) is 0 Å². The lowest BCUT2D eigenvalue weighted by molar-refractivity contribution is -0.140. The molecule has 1 aromatic carbocycles. The Balaban J connectivity index is 2.83. The lowest BCUT2D eigenvalue weighted by atomic mass is 10.2. The predicted molar refractivity (Wildman–Crippen MR) is 69.9 cm³/mol. The lowest BCUT2D eigenvalue weighted by Gasteiger charge is -2.13. The van der Waals surface area contributed by atoms with Gasteiger partial charge in [0.25, 0.3) is 5.91 Å². The minimum absolute atomic E-state index is 0.108. The molecule has 0 radical (unpaired) electrons. The summed E-state index contributed by atoms with van der Waals surface area (Å²) in [6.45, 7) is -0.108. The van der Waals surface area contributed by atoms with Crippen LogP contribution in [0.15, 0.2) is 22.7 Å². The Morgan fingerprint density at radius 1 is 1.50 bits per heavy atom. The van der Waals surface area contributed by atoms with Gasteiger partial charge >= 0.3 is 5.97 Å². The maximum atomic E-state index is 11.8.